The second-order valence-corrected chi connectivity index (χ2v) is 6.45. The summed E-state index contributed by atoms with van der Waals surface area (Å²) in [6.07, 6.45) is 1.83. The number of thiophene rings is 1. The van der Waals surface area contributed by atoms with E-state index in [9.17, 15) is 4.79 Å². The normalized spacial score (nSPS) is 16.1. The van der Waals surface area contributed by atoms with Crippen molar-refractivity contribution in [3.63, 3.8) is 0 Å². The topological polar surface area (TPSA) is 36.4 Å². The largest absolute Gasteiger partial charge is 0.336 e. The summed E-state index contributed by atoms with van der Waals surface area (Å²) in [6, 6.07) is 7.98. The molecule has 3 heterocycles. The fourth-order valence-electron chi connectivity index (χ4n) is 2.57. The summed E-state index contributed by atoms with van der Waals surface area (Å²) in [5.41, 5.74) is 1.92. The maximum atomic E-state index is 12.4. The molecule has 1 saturated heterocycles. The zero-order valence-corrected chi connectivity index (χ0v) is 13.0. The number of hydrogen-bond acceptors (Lipinski definition) is 4. The Labute approximate surface area is 129 Å². The lowest BCUT2D eigenvalue weighted by Crippen LogP contribution is -2.48. The van der Waals surface area contributed by atoms with Crippen molar-refractivity contribution in [3.8, 4) is 0 Å². The predicted molar refractivity (Wildman–Crippen MR) is 84.5 cm³/mol. The van der Waals surface area contributed by atoms with Gasteiger partial charge in [0.2, 0.25) is 0 Å². The fourth-order valence-corrected chi connectivity index (χ4v) is 3.24. The molecule has 0 saturated carbocycles. The van der Waals surface area contributed by atoms with Crippen molar-refractivity contribution in [2.45, 2.75) is 13.5 Å². The van der Waals surface area contributed by atoms with E-state index in [0.717, 1.165) is 44.0 Å². The van der Waals surface area contributed by atoms with E-state index < -0.39 is 0 Å². The van der Waals surface area contributed by atoms with Crippen LogP contribution in [0.2, 0.25) is 0 Å². The minimum Gasteiger partial charge on any atom is -0.336 e. The summed E-state index contributed by atoms with van der Waals surface area (Å²) in [5.74, 6) is 0.164. The molecule has 0 unspecified atom stereocenters. The Kier molecular flexibility index (Phi) is 4.31. The summed E-state index contributed by atoms with van der Waals surface area (Å²) >= 11 is 1.63. The Bertz CT molecular complexity index is 603. The van der Waals surface area contributed by atoms with E-state index in [4.69, 9.17) is 0 Å². The zero-order chi connectivity index (χ0) is 14.7. The fraction of sp³-hybridized carbons (Fsp3) is 0.375. The van der Waals surface area contributed by atoms with E-state index in [2.05, 4.69) is 9.88 Å². The average Bonchev–Trinajstić information content (AvgIpc) is 2.95. The van der Waals surface area contributed by atoms with Gasteiger partial charge in [-0.3, -0.25) is 14.7 Å². The molecule has 2 aromatic rings. The van der Waals surface area contributed by atoms with Gasteiger partial charge in [0, 0.05) is 49.2 Å². The van der Waals surface area contributed by atoms with Crippen LogP contribution < -0.4 is 0 Å². The number of carbonyl (C=O) groups excluding carboxylic acids is 1. The zero-order valence-electron chi connectivity index (χ0n) is 12.2. The molecule has 1 aliphatic rings. The minimum atomic E-state index is 0.164. The van der Waals surface area contributed by atoms with Crippen LogP contribution in [0, 0.1) is 6.92 Å². The van der Waals surface area contributed by atoms with Crippen LogP contribution in [-0.2, 0) is 6.54 Å². The Morgan fingerprint density at radius 1 is 1.29 bits per heavy atom. The van der Waals surface area contributed by atoms with Gasteiger partial charge in [-0.05, 0) is 25.1 Å². The van der Waals surface area contributed by atoms with Crippen LogP contribution in [0.1, 0.15) is 20.9 Å². The SMILES string of the molecule is Cc1cc(C(=O)N2CCN(Cc3ccccn3)CC2)cs1. The van der Waals surface area contributed by atoms with Crippen molar-refractivity contribution in [2.24, 2.45) is 0 Å². The van der Waals surface area contributed by atoms with Crippen LogP contribution in [0.3, 0.4) is 0 Å². The van der Waals surface area contributed by atoms with Crippen LogP contribution >= 0.6 is 11.3 Å². The Hall–Kier alpha value is -1.72. The number of pyridine rings is 1. The molecule has 1 aliphatic heterocycles. The number of hydrogen-bond donors (Lipinski definition) is 0. The van der Waals surface area contributed by atoms with E-state index in [1.807, 2.05) is 47.7 Å². The summed E-state index contributed by atoms with van der Waals surface area (Å²) < 4.78 is 0. The van der Waals surface area contributed by atoms with Crippen molar-refractivity contribution in [1.82, 2.24) is 14.8 Å². The molecule has 0 spiro atoms. The number of rotatable bonds is 3. The van der Waals surface area contributed by atoms with Gasteiger partial charge in [-0.2, -0.15) is 0 Å². The van der Waals surface area contributed by atoms with Gasteiger partial charge < -0.3 is 4.90 Å². The number of amides is 1. The average molecular weight is 301 g/mol. The Morgan fingerprint density at radius 3 is 2.71 bits per heavy atom. The van der Waals surface area contributed by atoms with Crippen molar-refractivity contribution >= 4 is 17.2 Å². The molecular weight excluding hydrogens is 282 g/mol. The molecular formula is C16H19N3OS. The van der Waals surface area contributed by atoms with Gasteiger partial charge in [-0.1, -0.05) is 6.07 Å². The molecule has 1 amide bonds. The summed E-state index contributed by atoms with van der Waals surface area (Å²) in [6.45, 7) is 6.30. The van der Waals surface area contributed by atoms with Gasteiger partial charge in [-0.25, -0.2) is 0 Å². The number of nitrogens with zero attached hydrogens (tertiary/aromatic N) is 3. The highest BCUT2D eigenvalue weighted by Gasteiger charge is 2.22. The van der Waals surface area contributed by atoms with Gasteiger partial charge in [0.15, 0.2) is 0 Å². The Morgan fingerprint density at radius 2 is 2.10 bits per heavy atom. The minimum absolute atomic E-state index is 0.164. The quantitative estimate of drug-likeness (QED) is 0.873. The third kappa shape index (κ3) is 3.49. The lowest BCUT2D eigenvalue weighted by molar-refractivity contribution is 0.0627. The molecule has 0 aliphatic carbocycles. The summed E-state index contributed by atoms with van der Waals surface area (Å²) in [4.78, 5) is 22.2. The molecule has 2 aromatic heterocycles. The molecule has 3 rings (SSSR count). The monoisotopic (exact) mass is 301 g/mol. The third-order valence-electron chi connectivity index (χ3n) is 3.75. The van der Waals surface area contributed by atoms with Crippen LogP contribution in [-0.4, -0.2) is 46.9 Å². The van der Waals surface area contributed by atoms with Crippen LogP contribution in [0.25, 0.3) is 0 Å². The number of aryl methyl sites for hydroxylation is 1. The summed E-state index contributed by atoms with van der Waals surface area (Å²) in [5, 5.41) is 1.96. The van der Waals surface area contributed by atoms with Crippen LogP contribution in [0.15, 0.2) is 35.8 Å². The van der Waals surface area contributed by atoms with Gasteiger partial charge in [0.05, 0.1) is 11.3 Å². The third-order valence-corrected chi connectivity index (χ3v) is 4.61. The maximum absolute atomic E-state index is 12.4. The second kappa shape index (κ2) is 6.37. The molecule has 5 heteroatoms. The van der Waals surface area contributed by atoms with Gasteiger partial charge in [-0.15, -0.1) is 11.3 Å². The first-order valence-corrected chi connectivity index (χ1v) is 8.07. The molecule has 110 valence electrons. The van der Waals surface area contributed by atoms with Crippen LogP contribution in [0.5, 0.6) is 0 Å². The summed E-state index contributed by atoms with van der Waals surface area (Å²) in [7, 11) is 0. The van der Waals surface area contributed by atoms with E-state index >= 15 is 0 Å². The van der Waals surface area contributed by atoms with E-state index in [0.29, 0.717) is 0 Å². The molecule has 0 atom stereocenters. The second-order valence-electron chi connectivity index (χ2n) is 5.34. The van der Waals surface area contributed by atoms with E-state index in [1.54, 1.807) is 11.3 Å². The van der Waals surface area contributed by atoms with Crippen molar-refractivity contribution in [1.29, 1.82) is 0 Å². The highest BCUT2D eigenvalue weighted by atomic mass is 32.1. The maximum Gasteiger partial charge on any atom is 0.254 e. The lowest BCUT2D eigenvalue weighted by atomic mass is 10.2. The number of piperazine rings is 1. The van der Waals surface area contributed by atoms with Gasteiger partial charge in [0.1, 0.15) is 0 Å². The van der Waals surface area contributed by atoms with Crippen molar-refractivity contribution in [2.75, 3.05) is 26.2 Å². The molecule has 0 N–H and O–H groups in total. The lowest BCUT2D eigenvalue weighted by Gasteiger charge is -2.34. The Balaban J connectivity index is 1.54. The van der Waals surface area contributed by atoms with Crippen molar-refractivity contribution < 1.29 is 4.79 Å². The molecule has 0 aromatic carbocycles. The first kappa shape index (κ1) is 14.2. The van der Waals surface area contributed by atoms with Crippen LogP contribution in [0.4, 0.5) is 0 Å². The highest BCUT2D eigenvalue weighted by Crippen LogP contribution is 2.16. The predicted octanol–water partition coefficient (Wildman–Crippen LogP) is 2.41. The van der Waals surface area contributed by atoms with E-state index in [1.165, 1.54) is 4.88 Å². The first-order chi connectivity index (χ1) is 10.2. The molecule has 4 nitrogen and oxygen atoms in total. The highest BCUT2D eigenvalue weighted by molar-refractivity contribution is 7.10. The standard InChI is InChI=1S/C16H19N3OS/c1-13-10-14(12-21-13)16(20)19-8-6-18(7-9-19)11-15-4-2-3-5-17-15/h2-5,10,12H,6-9,11H2,1H3. The van der Waals surface area contributed by atoms with E-state index in [-0.39, 0.29) is 5.91 Å². The molecule has 0 radical (unpaired) electrons. The first-order valence-electron chi connectivity index (χ1n) is 7.19. The van der Waals surface area contributed by atoms with Gasteiger partial charge in [0.25, 0.3) is 5.91 Å². The number of aromatic nitrogens is 1. The molecule has 1 fully saturated rings. The van der Waals surface area contributed by atoms with Gasteiger partial charge >= 0.3 is 0 Å². The molecule has 0 bridgehead atoms. The smallest absolute Gasteiger partial charge is 0.254 e. The van der Waals surface area contributed by atoms with Crippen molar-refractivity contribution in [3.05, 3.63) is 52.0 Å². The molecule has 21 heavy (non-hydrogen) atoms. The number of carbonyl (C=O) groups is 1.